The standard InChI is InChI=1S/C18H12F2N2O2/c1-10-6-7-12(14-8-11-4-2-3-5-13(11)23-14)17-16(10)22-15(9-21-17)24-18(19)20/h2-9,18H,1H3. The van der Waals surface area contributed by atoms with E-state index in [4.69, 9.17) is 4.42 Å². The SMILES string of the molecule is Cc1ccc(-c2cc3ccccc3o2)c2ncc(OC(F)F)nc12. The van der Waals surface area contributed by atoms with Crippen molar-refractivity contribution in [2.24, 2.45) is 0 Å². The minimum absolute atomic E-state index is 0.206. The molecule has 4 nitrogen and oxygen atoms in total. The van der Waals surface area contributed by atoms with Crippen molar-refractivity contribution in [2.45, 2.75) is 13.5 Å². The molecule has 0 fully saturated rings. The fourth-order valence-electron chi connectivity index (χ4n) is 2.67. The van der Waals surface area contributed by atoms with Gasteiger partial charge in [-0.2, -0.15) is 8.78 Å². The molecule has 0 atom stereocenters. The topological polar surface area (TPSA) is 48.2 Å². The molecule has 2 aromatic carbocycles. The lowest BCUT2D eigenvalue weighted by molar-refractivity contribution is -0.0528. The van der Waals surface area contributed by atoms with Crippen LogP contribution >= 0.6 is 0 Å². The van der Waals surface area contributed by atoms with E-state index in [9.17, 15) is 8.78 Å². The van der Waals surface area contributed by atoms with Gasteiger partial charge in [-0.25, -0.2) is 9.97 Å². The third kappa shape index (κ3) is 2.46. The Kier molecular flexibility index (Phi) is 3.37. The van der Waals surface area contributed by atoms with Gasteiger partial charge < -0.3 is 9.15 Å². The first-order chi connectivity index (χ1) is 11.6. The Morgan fingerprint density at radius 1 is 1.08 bits per heavy atom. The number of furan rings is 1. The quantitative estimate of drug-likeness (QED) is 0.534. The lowest BCUT2D eigenvalue weighted by atomic mass is 10.1. The summed E-state index contributed by atoms with van der Waals surface area (Å²) in [6.45, 7) is -1.10. The van der Waals surface area contributed by atoms with Crippen molar-refractivity contribution in [1.29, 1.82) is 0 Å². The Bertz CT molecular complexity index is 1010. The van der Waals surface area contributed by atoms with Crippen molar-refractivity contribution in [3.8, 4) is 17.2 Å². The number of rotatable bonds is 3. The number of nitrogens with zero attached hydrogens (tertiary/aromatic N) is 2. The number of halogens is 2. The van der Waals surface area contributed by atoms with Gasteiger partial charge in [-0.15, -0.1) is 0 Å². The summed E-state index contributed by atoms with van der Waals surface area (Å²) < 4.78 is 35.0. The molecular weight excluding hydrogens is 314 g/mol. The maximum atomic E-state index is 12.4. The summed E-state index contributed by atoms with van der Waals surface area (Å²) in [5.74, 6) is 0.445. The Morgan fingerprint density at radius 3 is 2.71 bits per heavy atom. The van der Waals surface area contributed by atoms with Crippen molar-refractivity contribution in [2.75, 3.05) is 0 Å². The van der Waals surface area contributed by atoms with Gasteiger partial charge in [0.25, 0.3) is 0 Å². The number of aryl methyl sites for hydroxylation is 1. The van der Waals surface area contributed by atoms with E-state index in [0.717, 1.165) is 22.1 Å². The van der Waals surface area contributed by atoms with Crippen LogP contribution in [0.2, 0.25) is 0 Å². The number of aromatic nitrogens is 2. The van der Waals surface area contributed by atoms with Crippen LogP contribution in [0.15, 0.2) is 53.1 Å². The monoisotopic (exact) mass is 326 g/mol. The third-order valence-corrected chi connectivity index (χ3v) is 3.78. The Morgan fingerprint density at radius 2 is 1.92 bits per heavy atom. The molecule has 0 saturated carbocycles. The molecule has 2 aromatic heterocycles. The Balaban J connectivity index is 1.90. The predicted octanol–water partition coefficient (Wildman–Crippen LogP) is 4.95. The lowest BCUT2D eigenvalue weighted by Crippen LogP contribution is -2.04. The van der Waals surface area contributed by atoms with Crippen LogP contribution in [-0.4, -0.2) is 16.6 Å². The van der Waals surface area contributed by atoms with Gasteiger partial charge in [-0.1, -0.05) is 24.3 Å². The molecule has 24 heavy (non-hydrogen) atoms. The van der Waals surface area contributed by atoms with Crippen molar-refractivity contribution >= 4 is 22.0 Å². The number of alkyl halides is 2. The number of hydrogen-bond donors (Lipinski definition) is 0. The minimum Gasteiger partial charge on any atom is -0.456 e. The first-order valence-corrected chi connectivity index (χ1v) is 7.32. The van der Waals surface area contributed by atoms with Crippen LogP contribution in [0, 0.1) is 6.92 Å². The maximum absolute atomic E-state index is 12.4. The summed E-state index contributed by atoms with van der Waals surface area (Å²) in [4.78, 5) is 8.41. The highest BCUT2D eigenvalue weighted by Gasteiger charge is 2.15. The number of fused-ring (bicyclic) bond motifs is 2. The summed E-state index contributed by atoms with van der Waals surface area (Å²) in [5.41, 5.74) is 3.42. The van der Waals surface area contributed by atoms with Crippen molar-refractivity contribution < 1.29 is 17.9 Å². The summed E-state index contributed by atoms with van der Waals surface area (Å²) in [6, 6.07) is 13.3. The molecule has 6 heteroatoms. The summed E-state index contributed by atoms with van der Waals surface area (Å²) in [6.07, 6.45) is 1.19. The van der Waals surface area contributed by atoms with Crippen LogP contribution in [0.3, 0.4) is 0 Å². The third-order valence-electron chi connectivity index (χ3n) is 3.78. The molecule has 0 amide bonds. The molecule has 0 unspecified atom stereocenters. The van der Waals surface area contributed by atoms with E-state index in [0.29, 0.717) is 16.8 Å². The highest BCUT2D eigenvalue weighted by Crippen LogP contribution is 2.33. The first-order valence-electron chi connectivity index (χ1n) is 7.32. The zero-order valence-corrected chi connectivity index (χ0v) is 12.7. The van der Waals surface area contributed by atoms with E-state index in [-0.39, 0.29) is 5.88 Å². The van der Waals surface area contributed by atoms with E-state index in [1.165, 1.54) is 6.20 Å². The van der Waals surface area contributed by atoms with E-state index in [1.54, 1.807) is 0 Å². The van der Waals surface area contributed by atoms with Crippen LogP contribution in [-0.2, 0) is 0 Å². The molecule has 0 aliphatic carbocycles. The number of para-hydroxylation sites is 1. The second-order valence-electron chi connectivity index (χ2n) is 5.36. The molecule has 0 aliphatic rings. The molecule has 0 radical (unpaired) electrons. The average molecular weight is 326 g/mol. The summed E-state index contributed by atoms with van der Waals surface area (Å²) in [5, 5.41) is 0.979. The summed E-state index contributed by atoms with van der Waals surface area (Å²) in [7, 11) is 0. The van der Waals surface area contributed by atoms with Crippen LogP contribution in [0.1, 0.15) is 5.56 Å². The van der Waals surface area contributed by atoms with Gasteiger partial charge in [-0.05, 0) is 30.7 Å². The fraction of sp³-hybridized carbons (Fsp3) is 0.111. The van der Waals surface area contributed by atoms with Gasteiger partial charge >= 0.3 is 6.61 Å². The summed E-state index contributed by atoms with van der Waals surface area (Å²) >= 11 is 0. The van der Waals surface area contributed by atoms with Crippen molar-refractivity contribution in [1.82, 2.24) is 9.97 Å². The number of benzene rings is 2. The molecule has 4 rings (SSSR count). The molecule has 0 spiro atoms. The van der Waals surface area contributed by atoms with Gasteiger partial charge in [-0.3, -0.25) is 0 Å². The van der Waals surface area contributed by atoms with Crippen molar-refractivity contribution in [3.05, 3.63) is 54.2 Å². The number of ether oxygens (including phenoxy) is 1. The van der Waals surface area contributed by atoms with Crippen molar-refractivity contribution in [3.63, 3.8) is 0 Å². The number of hydrogen-bond acceptors (Lipinski definition) is 4. The Labute approximate surface area is 135 Å². The predicted molar refractivity (Wildman–Crippen MR) is 86.1 cm³/mol. The smallest absolute Gasteiger partial charge is 0.388 e. The second kappa shape index (κ2) is 5.56. The molecule has 2 heterocycles. The Hall–Kier alpha value is -3.02. The van der Waals surface area contributed by atoms with Crippen LogP contribution in [0.5, 0.6) is 5.88 Å². The molecular formula is C18H12F2N2O2. The second-order valence-corrected chi connectivity index (χ2v) is 5.36. The van der Waals surface area contributed by atoms with Gasteiger partial charge in [0.05, 0.1) is 11.7 Å². The fourth-order valence-corrected chi connectivity index (χ4v) is 2.67. The molecule has 0 N–H and O–H groups in total. The largest absolute Gasteiger partial charge is 0.456 e. The zero-order chi connectivity index (χ0) is 16.7. The van der Waals surface area contributed by atoms with Gasteiger partial charge in [0.15, 0.2) is 0 Å². The highest BCUT2D eigenvalue weighted by atomic mass is 19.3. The van der Waals surface area contributed by atoms with E-state index in [2.05, 4.69) is 14.7 Å². The van der Waals surface area contributed by atoms with Crippen LogP contribution in [0.4, 0.5) is 8.78 Å². The molecule has 0 aliphatic heterocycles. The van der Waals surface area contributed by atoms with E-state index < -0.39 is 6.61 Å². The van der Waals surface area contributed by atoms with Crippen LogP contribution < -0.4 is 4.74 Å². The van der Waals surface area contributed by atoms with Gasteiger partial charge in [0, 0.05) is 10.9 Å². The lowest BCUT2D eigenvalue weighted by Gasteiger charge is -2.08. The van der Waals surface area contributed by atoms with Gasteiger partial charge in [0.1, 0.15) is 16.9 Å². The molecule has 4 aromatic rings. The van der Waals surface area contributed by atoms with E-state index in [1.807, 2.05) is 49.4 Å². The normalized spacial score (nSPS) is 11.5. The van der Waals surface area contributed by atoms with E-state index >= 15 is 0 Å². The van der Waals surface area contributed by atoms with Crippen LogP contribution in [0.25, 0.3) is 33.3 Å². The molecule has 120 valence electrons. The minimum atomic E-state index is -2.93. The maximum Gasteiger partial charge on any atom is 0.388 e. The molecule has 0 saturated heterocycles. The van der Waals surface area contributed by atoms with Gasteiger partial charge in [0.2, 0.25) is 5.88 Å². The first kappa shape index (κ1) is 14.6. The highest BCUT2D eigenvalue weighted by molar-refractivity contribution is 5.94. The molecule has 0 bridgehead atoms. The average Bonchev–Trinajstić information content (AvgIpc) is 2.99. The zero-order valence-electron chi connectivity index (χ0n) is 12.7.